The predicted molar refractivity (Wildman–Crippen MR) is 107 cm³/mol. The number of benzene rings is 3. The Kier molecular flexibility index (Phi) is 5.09. The van der Waals surface area contributed by atoms with E-state index in [1.807, 2.05) is 72.4 Å². The van der Waals surface area contributed by atoms with Crippen molar-refractivity contribution in [1.29, 1.82) is 0 Å². The van der Waals surface area contributed by atoms with Crippen molar-refractivity contribution in [2.24, 2.45) is 0 Å². The van der Waals surface area contributed by atoms with E-state index in [0.29, 0.717) is 10.7 Å². The van der Waals surface area contributed by atoms with Gasteiger partial charge in [0.25, 0.3) is 5.69 Å². The lowest BCUT2D eigenvalue weighted by atomic mass is 10.1. The van der Waals surface area contributed by atoms with Crippen LogP contribution in [0, 0.1) is 10.1 Å². The van der Waals surface area contributed by atoms with E-state index in [-0.39, 0.29) is 10.6 Å². The van der Waals surface area contributed by atoms with E-state index in [1.54, 1.807) is 18.2 Å². The first-order valence-electron chi connectivity index (χ1n) is 8.05. The van der Waals surface area contributed by atoms with Crippen LogP contribution in [0.15, 0.2) is 72.8 Å². The first-order valence-corrected chi connectivity index (χ1v) is 8.43. The van der Waals surface area contributed by atoms with E-state index >= 15 is 0 Å². The van der Waals surface area contributed by atoms with E-state index in [9.17, 15) is 10.1 Å². The minimum Gasteiger partial charge on any atom is -0.342 e. The highest BCUT2D eigenvalue weighted by molar-refractivity contribution is 6.33. The molecule has 0 saturated carbocycles. The predicted octanol–water partition coefficient (Wildman–Crippen LogP) is 5.78. The average Bonchev–Trinajstić information content (AvgIpc) is 2.67. The molecule has 132 valence electrons. The molecule has 5 nitrogen and oxygen atoms in total. The summed E-state index contributed by atoms with van der Waals surface area (Å²) in [7, 11) is 3.74. The van der Waals surface area contributed by atoms with Crippen LogP contribution in [0.4, 0.5) is 28.4 Å². The third-order valence-electron chi connectivity index (χ3n) is 4.26. The van der Waals surface area contributed by atoms with Gasteiger partial charge in [-0.1, -0.05) is 48.0 Å². The molecule has 0 saturated heterocycles. The van der Waals surface area contributed by atoms with Crippen LogP contribution in [0.5, 0.6) is 0 Å². The largest absolute Gasteiger partial charge is 0.342 e. The molecule has 0 aliphatic heterocycles. The van der Waals surface area contributed by atoms with E-state index in [1.165, 1.54) is 6.07 Å². The highest BCUT2D eigenvalue weighted by atomic mass is 35.5. The summed E-state index contributed by atoms with van der Waals surface area (Å²) in [5, 5.41) is 12.0. The number of hydrogen-bond acceptors (Lipinski definition) is 4. The highest BCUT2D eigenvalue weighted by Crippen LogP contribution is 2.40. The molecule has 0 bridgehead atoms. The van der Waals surface area contributed by atoms with Gasteiger partial charge in [0.15, 0.2) is 0 Å². The number of nitro groups is 1. The monoisotopic (exact) mass is 367 g/mol. The van der Waals surface area contributed by atoms with Crippen molar-refractivity contribution >= 4 is 40.0 Å². The molecule has 0 fully saturated rings. The second-order valence-corrected chi connectivity index (χ2v) is 6.21. The third-order valence-corrected chi connectivity index (χ3v) is 4.58. The number of para-hydroxylation sites is 5. The maximum Gasteiger partial charge on any atom is 0.292 e. The Hall–Kier alpha value is -3.05. The first kappa shape index (κ1) is 17.8. The molecule has 0 N–H and O–H groups in total. The molecule has 0 amide bonds. The molecule has 0 spiro atoms. The standard InChI is InChI=1S/C20H18ClN3O2/c1-22(16-10-4-3-9-15(16)21)17-11-5-6-12-18(17)23(2)19-13-7-8-14-20(19)24(25)26/h3-14H,1-2H3. The van der Waals surface area contributed by atoms with E-state index < -0.39 is 0 Å². The van der Waals surface area contributed by atoms with Crippen LogP contribution in [-0.4, -0.2) is 19.0 Å². The zero-order valence-electron chi connectivity index (χ0n) is 14.5. The lowest BCUT2D eigenvalue weighted by Gasteiger charge is -2.28. The van der Waals surface area contributed by atoms with Crippen molar-refractivity contribution in [2.45, 2.75) is 0 Å². The van der Waals surface area contributed by atoms with Crippen LogP contribution >= 0.6 is 11.6 Å². The van der Waals surface area contributed by atoms with E-state index in [0.717, 1.165) is 17.1 Å². The van der Waals surface area contributed by atoms with Gasteiger partial charge in [0.05, 0.1) is 27.0 Å². The van der Waals surface area contributed by atoms with Gasteiger partial charge in [0, 0.05) is 20.2 Å². The highest BCUT2D eigenvalue weighted by Gasteiger charge is 2.20. The van der Waals surface area contributed by atoms with Crippen LogP contribution in [0.1, 0.15) is 0 Å². The topological polar surface area (TPSA) is 49.6 Å². The van der Waals surface area contributed by atoms with Crippen LogP contribution in [-0.2, 0) is 0 Å². The fourth-order valence-electron chi connectivity index (χ4n) is 2.92. The Bertz CT molecular complexity index is 946. The average molecular weight is 368 g/mol. The summed E-state index contributed by atoms with van der Waals surface area (Å²) >= 11 is 6.34. The summed E-state index contributed by atoms with van der Waals surface area (Å²) in [6, 6.07) is 22.0. The van der Waals surface area contributed by atoms with E-state index in [4.69, 9.17) is 11.6 Å². The zero-order valence-corrected chi connectivity index (χ0v) is 15.2. The fourth-order valence-corrected chi connectivity index (χ4v) is 3.18. The third kappa shape index (κ3) is 3.34. The molecule has 0 aromatic heterocycles. The van der Waals surface area contributed by atoms with E-state index in [2.05, 4.69) is 0 Å². The van der Waals surface area contributed by atoms with Gasteiger partial charge in [0.1, 0.15) is 5.69 Å². The Balaban J connectivity index is 2.08. The van der Waals surface area contributed by atoms with Crippen LogP contribution in [0.3, 0.4) is 0 Å². The number of halogens is 1. The second-order valence-electron chi connectivity index (χ2n) is 5.80. The molecule has 3 aromatic rings. The van der Waals surface area contributed by atoms with Gasteiger partial charge in [-0.05, 0) is 30.3 Å². The van der Waals surface area contributed by atoms with Gasteiger partial charge in [-0.3, -0.25) is 10.1 Å². The Labute approximate surface area is 157 Å². The summed E-state index contributed by atoms with van der Waals surface area (Å²) in [5.74, 6) is 0. The van der Waals surface area contributed by atoms with Gasteiger partial charge in [0.2, 0.25) is 0 Å². The summed E-state index contributed by atoms with van der Waals surface area (Å²) in [6.07, 6.45) is 0. The smallest absolute Gasteiger partial charge is 0.292 e. The van der Waals surface area contributed by atoms with Crippen molar-refractivity contribution in [3.63, 3.8) is 0 Å². The zero-order chi connectivity index (χ0) is 18.7. The van der Waals surface area contributed by atoms with Gasteiger partial charge < -0.3 is 9.80 Å². The number of nitro benzene ring substituents is 1. The molecule has 6 heteroatoms. The SMILES string of the molecule is CN(c1ccccc1Cl)c1ccccc1N(C)c1ccccc1[N+](=O)[O-]. The van der Waals surface area contributed by atoms with Crippen molar-refractivity contribution in [3.8, 4) is 0 Å². The normalized spacial score (nSPS) is 10.4. The lowest BCUT2D eigenvalue weighted by Crippen LogP contribution is -2.17. The van der Waals surface area contributed by atoms with Crippen LogP contribution in [0.2, 0.25) is 5.02 Å². The molecule has 0 aliphatic rings. The summed E-state index contributed by atoms with van der Waals surface area (Å²) < 4.78 is 0. The molecule has 0 radical (unpaired) electrons. The minimum absolute atomic E-state index is 0.0604. The maximum atomic E-state index is 11.4. The minimum atomic E-state index is -0.369. The summed E-state index contributed by atoms with van der Waals surface area (Å²) in [5.41, 5.74) is 3.17. The fraction of sp³-hybridized carbons (Fsp3) is 0.100. The molecule has 0 aliphatic carbocycles. The van der Waals surface area contributed by atoms with Crippen LogP contribution < -0.4 is 9.80 Å². The first-order chi connectivity index (χ1) is 12.5. The van der Waals surface area contributed by atoms with Gasteiger partial charge in [-0.15, -0.1) is 0 Å². The molecular formula is C20H18ClN3O2. The van der Waals surface area contributed by atoms with Gasteiger partial charge in [-0.25, -0.2) is 0 Å². The maximum absolute atomic E-state index is 11.4. The number of nitrogens with zero attached hydrogens (tertiary/aromatic N) is 3. The number of anilines is 4. The molecular weight excluding hydrogens is 350 g/mol. The van der Waals surface area contributed by atoms with Gasteiger partial charge in [-0.2, -0.15) is 0 Å². The lowest BCUT2D eigenvalue weighted by molar-refractivity contribution is -0.384. The molecule has 0 unspecified atom stereocenters. The molecule has 0 heterocycles. The van der Waals surface area contributed by atoms with Crippen molar-refractivity contribution in [1.82, 2.24) is 0 Å². The molecule has 0 atom stereocenters. The number of hydrogen-bond donors (Lipinski definition) is 0. The summed E-state index contributed by atoms with van der Waals surface area (Å²) in [4.78, 5) is 14.8. The number of rotatable bonds is 5. The molecule has 3 aromatic carbocycles. The van der Waals surface area contributed by atoms with Crippen LogP contribution in [0.25, 0.3) is 0 Å². The molecule has 26 heavy (non-hydrogen) atoms. The second kappa shape index (κ2) is 7.45. The Morgan fingerprint density at radius 3 is 1.69 bits per heavy atom. The van der Waals surface area contributed by atoms with Crippen molar-refractivity contribution < 1.29 is 4.92 Å². The summed E-state index contributed by atoms with van der Waals surface area (Å²) in [6.45, 7) is 0. The van der Waals surface area contributed by atoms with Crippen molar-refractivity contribution in [2.75, 3.05) is 23.9 Å². The van der Waals surface area contributed by atoms with Crippen molar-refractivity contribution in [3.05, 3.63) is 87.9 Å². The Morgan fingerprint density at radius 2 is 1.15 bits per heavy atom. The van der Waals surface area contributed by atoms with Gasteiger partial charge >= 0.3 is 0 Å². The molecule has 3 rings (SSSR count). The quantitative estimate of drug-likeness (QED) is 0.423. The Morgan fingerprint density at radius 1 is 0.731 bits per heavy atom.